The molecule has 4 rings (SSSR count). The summed E-state index contributed by atoms with van der Waals surface area (Å²) in [5, 5.41) is 13.5. The standard InChI is InChI=1S/C17H23N5O2/c23-17(18-11-14-2-1-9-24-14)19-13-5-7-22(8-6-13)16-10-15(20-21-16)12-3-4-12/h1-2,9-10,12-13H,3-8,11H2,(H,20,21)(H2,18,19,23). The zero-order valence-electron chi connectivity index (χ0n) is 13.6. The lowest BCUT2D eigenvalue weighted by atomic mass is 10.1. The Morgan fingerprint density at radius 2 is 2.17 bits per heavy atom. The second kappa shape index (κ2) is 6.59. The van der Waals surface area contributed by atoms with Gasteiger partial charge in [-0.3, -0.25) is 5.10 Å². The third-order valence-corrected chi connectivity index (χ3v) is 4.76. The first-order valence-electron chi connectivity index (χ1n) is 8.65. The van der Waals surface area contributed by atoms with Crippen LogP contribution in [0.25, 0.3) is 0 Å². The molecule has 2 amide bonds. The van der Waals surface area contributed by atoms with E-state index in [1.165, 1.54) is 18.5 Å². The molecule has 2 aromatic heterocycles. The number of hydrogen-bond donors (Lipinski definition) is 3. The highest BCUT2D eigenvalue weighted by molar-refractivity contribution is 5.74. The van der Waals surface area contributed by atoms with Crippen LogP contribution in [0.3, 0.4) is 0 Å². The summed E-state index contributed by atoms with van der Waals surface area (Å²) in [5.74, 6) is 2.49. The molecule has 0 unspecified atom stereocenters. The molecule has 0 aromatic carbocycles. The van der Waals surface area contributed by atoms with E-state index in [9.17, 15) is 4.79 Å². The number of amides is 2. The van der Waals surface area contributed by atoms with Gasteiger partial charge >= 0.3 is 6.03 Å². The fourth-order valence-electron chi connectivity index (χ4n) is 3.16. The fraction of sp³-hybridized carbons (Fsp3) is 0.529. The van der Waals surface area contributed by atoms with Gasteiger partial charge in [-0.25, -0.2) is 4.79 Å². The van der Waals surface area contributed by atoms with Crippen LogP contribution in [0.4, 0.5) is 10.6 Å². The molecule has 2 aliphatic rings. The molecule has 0 bridgehead atoms. The summed E-state index contributed by atoms with van der Waals surface area (Å²) in [4.78, 5) is 14.2. The minimum absolute atomic E-state index is 0.138. The van der Waals surface area contributed by atoms with Crippen LogP contribution in [0.2, 0.25) is 0 Å². The lowest BCUT2D eigenvalue weighted by molar-refractivity contribution is 0.233. The number of furan rings is 1. The number of carbonyl (C=O) groups excluding carboxylic acids is 1. The lowest BCUT2D eigenvalue weighted by Gasteiger charge is -2.32. The van der Waals surface area contributed by atoms with E-state index in [0.29, 0.717) is 12.5 Å². The molecule has 3 heterocycles. The number of anilines is 1. The van der Waals surface area contributed by atoms with Crippen LogP contribution < -0.4 is 15.5 Å². The summed E-state index contributed by atoms with van der Waals surface area (Å²) < 4.78 is 5.20. The molecule has 1 aliphatic heterocycles. The summed E-state index contributed by atoms with van der Waals surface area (Å²) in [6.45, 7) is 2.24. The minimum atomic E-state index is -0.138. The number of hydrogen-bond acceptors (Lipinski definition) is 4. The second-order valence-corrected chi connectivity index (χ2v) is 6.62. The molecule has 0 atom stereocenters. The fourth-order valence-corrected chi connectivity index (χ4v) is 3.16. The van der Waals surface area contributed by atoms with Gasteiger partial charge in [0.2, 0.25) is 0 Å². The number of H-pyrrole nitrogens is 1. The predicted octanol–water partition coefficient (Wildman–Crippen LogP) is 2.35. The van der Waals surface area contributed by atoms with Gasteiger partial charge in [0.15, 0.2) is 5.82 Å². The van der Waals surface area contributed by atoms with Gasteiger partial charge in [0.25, 0.3) is 0 Å². The maximum Gasteiger partial charge on any atom is 0.315 e. The number of aromatic nitrogens is 2. The summed E-state index contributed by atoms with van der Waals surface area (Å²) in [7, 11) is 0. The Morgan fingerprint density at radius 1 is 1.33 bits per heavy atom. The molecule has 2 aromatic rings. The quantitative estimate of drug-likeness (QED) is 0.786. The van der Waals surface area contributed by atoms with Crippen LogP contribution in [0.1, 0.15) is 43.1 Å². The van der Waals surface area contributed by atoms with Crippen molar-refractivity contribution in [3.8, 4) is 0 Å². The first kappa shape index (κ1) is 15.1. The van der Waals surface area contributed by atoms with Crippen molar-refractivity contribution in [2.75, 3.05) is 18.0 Å². The molecular weight excluding hydrogens is 306 g/mol. The maximum atomic E-state index is 11.9. The van der Waals surface area contributed by atoms with E-state index >= 15 is 0 Å². The first-order chi connectivity index (χ1) is 11.8. The number of urea groups is 1. The molecular formula is C17H23N5O2. The minimum Gasteiger partial charge on any atom is -0.467 e. The van der Waals surface area contributed by atoms with Crippen molar-refractivity contribution in [1.82, 2.24) is 20.8 Å². The Hall–Kier alpha value is -2.44. The van der Waals surface area contributed by atoms with E-state index in [1.807, 2.05) is 12.1 Å². The lowest BCUT2D eigenvalue weighted by Crippen LogP contribution is -2.47. The van der Waals surface area contributed by atoms with Crippen LogP contribution in [-0.4, -0.2) is 35.4 Å². The van der Waals surface area contributed by atoms with E-state index in [2.05, 4.69) is 31.8 Å². The zero-order valence-corrected chi connectivity index (χ0v) is 13.6. The van der Waals surface area contributed by atoms with Crippen molar-refractivity contribution in [2.45, 2.75) is 44.2 Å². The monoisotopic (exact) mass is 329 g/mol. The molecule has 7 nitrogen and oxygen atoms in total. The molecule has 3 N–H and O–H groups in total. The Morgan fingerprint density at radius 3 is 2.88 bits per heavy atom. The summed E-state index contributed by atoms with van der Waals surface area (Å²) in [6.07, 6.45) is 6.02. The number of nitrogens with one attached hydrogen (secondary N) is 3. The molecule has 0 radical (unpaired) electrons. The van der Waals surface area contributed by atoms with Crippen LogP contribution in [0.15, 0.2) is 28.9 Å². The SMILES string of the molecule is O=C(NCc1ccco1)NC1CCN(c2cc(C3CC3)[nH]n2)CC1. The van der Waals surface area contributed by atoms with Gasteiger partial charge in [0, 0.05) is 36.8 Å². The highest BCUT2D eigenvalue weighted by atomic mass is 16.3. The van der Waals surface area contributed by atoms with Crippen LogP contribution in [0, 0.1) is 0 Å². The zero-order chi connectivity index (χ0) is 16.4. The molecule has 128 valence electrons. The molecule has 1 aliphatic carbocycles. The average Bonchev–Trinajstić information content (AvgIpc) is 3.12. The normalized spacial score (nSPS) is 18.6. The van der Waals surface area contributed by atoms with Crippen molar-refractivity contribution in [3.63, 3.8) is 0 Å². The number of piperidine rings is 1. The molecule has 7 heteroatoms. The number of rotatable bonds is 5. The van der Waals surface area contributed by atoms with Crippen molar-refractivity contribution in [3.05, 3.63) is 35.9 Å². The maximum absolute atomic E-state index is 11.9. The van der Waals surface area contributed by atoms with Gasteiger partial charge in [0.1, 0.15) is 5.76 Å². The van der Waals surface area contributed by atoms with E-state index in [1.54, 1.807) is 6.26 Å². The number of aromatic amines is 1. The van der Waals surface area contributed by atoms with Crippen molar-refractivity contribution >= 4 is 11.8 Å². The highest BCUT2D eigenvalue weighted by Gasteiger charge is 2.27. The Bertz CT molecular complexity index is 669. The molecule has 2 fully saturated rings. The number of nitrogens with zero attached hydrogens (tertiary/aromatic N) is 2. The summed E-state index contributed by atoms with van der Waals surface area (Å²) >= 11 is 0. The van der Waals surface area contributed by atoms with Gasteiger partial charge in [-0.05, 0) is 37.8 Å². The van der Waals surface area contributed by atoms with Gasteiger partial charge in [0.05, 0.1) is 12.8 Å². The average molecular weight is 329 g/mol. The summed E-state index contributed by atoms with van der Waals surface area (Å²) in [5.41, 5.74) is 1.27. The Balaban J connectivity index is 1.21. The molecule has 0 spiro atoms. The first-order valence-corrected chi connectivity index (χ1v) is 8.65. The predicted molar refractivity (Wildman–Crippen MR) is 89.9 cm³/mol. The van der Waals surface area contributed by atoms with Crippen molar-refractivity contribution in [1.29, 1.82) is 0 Å². The molecule has 24 heavy (non-hydrogen) atoms. The smallest absolute Gasteiger partial charge is 0.315 e. The third kappa shape index (κ3) is 3.55. The van der Waals surface area contributed by atoms with Gasteiger partial charge in [-0.15, -0.1) is 0 Å². The topological polar surface area (TPSA) is 86.2 Å². The largest absolute Gasteiger partial charge is 0.467 e. The van der Waals surface area contributed by atoms with Gasteiger partial charge in [-0.2, -0.15) is 5.10 Å². The van der Waals surface area contributed by atoms with E-state index in [4.69, 9.17) is 4.42 Å². The van der Waals surface area contributed by atoms with Crippen LogP contribution in [-0.2, 0) is 6.54 Å². The summed E-state index contributed by atoms with van der Waals surface area (Å²) in [6, 6.07) is 5.91. The van der Waals surface area contributed by atoms with E-state index < -0.39 is 0 Å². The van der Waals surface area contributed by atoms with Crippen molar-refractivity contribution < 1.29 is 9.21 Å². The van der Waals surface area contributed by atoms with Crippen LogP contribution >= 0.6 is 0 Å². The third-order valence-electron chi connectivity index (χ3n) is 4.76. The highest BCUT2D eigenvalue weighted by Crippen LogP contribution is 2.40. The number of carbonyl (C=O) groups is 1. The van der Waals surface area contributed by atoms with Crippen LogP contribution in [0.5, 0.6) is 0 Å². The molecule has 1 saturated heterocycles. The molecule has 1 saturated carbocycles. The van der Waals surface area contributed by atoms with Gasteiger partial charge < -0.3 is 20.0 Å². The van der Waals surface area contributed by atoms with E-state index in [-0.39, 0.29) is 12.1 Å². The Kier molecular flexibility index (Phi) is 4.15. The van der Waals surface area contributed by atoms with Crippen molar-refractivity contribution in [2.24, 2.45) is 0 Å². The van der Waals surface area contributed by atoms with Gasteiger partial charge in [-0.1, -0.05) is 0 Å². The Labute approximate surface area is 140 Å². The second-order valence-electron chi connectivity index (χ2n) is 6.62. The van der Waals surface area contributed by atoms with E-state index in [0.717, 1.165) is 37.5 Å².